The van der Waals surface area contributed by atoms with Crippen LogP contribution in [0.1, 0.15) is 43.7 Å². The summed E-state index contributed by atoms with van der Waals surface area (Å²) in [6.07, 6.45) is 4.30. The molecule has 1 saturated carbocycles. The second kappa shape index (κ2) is 10.6. The molecule has 2 aromatic carbocycles. The lowest BCUT2D eigenvalue weighted by Crippen LogP contribution is -2.50. The number of ether oxygens (including phenoxy) is 1. The standard InChI is InChI=1S/C24H29BrN2O3/c1-17-10-12-22(13-11-17)30-16-23(28)27(15-19-6-5-7-20(25)14-19)18(2)24(29)26-21-8-3-4-9-21/h5-7,10-14,18,21H,3-4,8-9,15-16H2,1-2H3,(H,26,29)/t18-/m0/s1. The van der Waals surface area contributed by atoms with E-state index >= 15 is 0 Å². The average molecular weight is 473 g/mol. The van der Waals surface area contributed by atoms with E-state index in [0.29, 0.717) is 12.3 Å². The first-order chi connectivity index (χ1) is 14.4. The Morgan fingerprint density at radius 3 is 2.53 bits per heavy atom. The molecule has 0 saturated heterocycles. The Bertz CT molecular complexity index is 863. The monoisotopic (exact) mass is 472 g/mol. The minimum atomic E-state index is -0.585. The van der Waals surface area contributed by atoms with Gasteiger partial charge in [0.25, 0.3) is 5.91 Å². The van der Waals surface area contributed by atoms with Gasteiger partial charge in [0.15, 0.2) is 6.61 Å². The van der Waals surface area contributed by atoms with Gasteiger partial charge in [0.05, 0.1) is 0 Å². The van der Waals surface area contributed by atoms with E-state index < -0.39 is 6.04 Å². The molecule has 0 aliphatic heterocycles. The van der Waals surface area contributed by atoms with E-state index in [4.69, 9.17) is 4.74 Å². The summed E-state index contributed by atoms with van der Waals surface area (Å²) in [6.45, 7) is 4.01. The molecule has 0 aromatic heterocycles. The van der Waals surface area contributed by atoms with Gasteiger partial charge in [-0.3, -0.25) is 9.59 Å². The number of hydrogen-bond donors (Lipinski definition) is 1. The molecule has 0 bridgehead atoms. The van der Waals surface area contributed by atoms with Crippen LogP contribution in [-0.4, -0.2) is 35.4 Å². The number of nitrogens with one attached hydrogen (secondary N) is 1. The maximum Gasteiger partial charge on any atom is 0.261 e. The highest BCUT2D eigenvalue weighted by Crippen LogP contribution is 2.19. The Morgan fingerprint density at radius 1 is 1.17 bits per heavy atom. The molecule has 0 heterocycles. The first kappa shape index (κ1) is 22.3. The molecule has 2 amide bonds. The predicted molar refractivity (Wildman–Crippen MR) is 121 cm³/mol. The van der Waals surface area contributed by atoms with Gasteiger partial charge in [-0.25, -0.2) is 0 Å². The average Bonchev–Trinajstić information content (AvgIpc) is 3.24. The Labute approximate surface area is 186 Å². The van der Waals surface area contributed by atoms with Crippen LogP contribution in [0.25, 0.3) is 0 Å². The van der Waals surface area contributed by atoms with Crippen molar-refractivity contribution in [2.75, 3.05) is 6.61 Å². The maximum absolute atomic E-state index is 13.1. The number of nitrogens with zero attached hydrogens (tertiary/aromatic N) is 1. The summed E-state index contributed by atoms with van der Waals surface area (Å²) in [4.78, 5) is 27.5. The van der Waals surface area contributed by atoms with Crippen molar-refractivity contribution in [1.29, 1.82) is 0 Å². The van der Waals surface area contributed by atoms with Gasteiger partial charge < -0.3 is 15.0 Å². The van der Waals surface area contributed by atoms with Crippen LogP contribution in [0.3, 0.4) is 0 Å². The lowest BCUT2D eigenvalue weighted by Gasteiger charge is -2.29. The SMILES string of the molecule is Cc1ccc(OCC(=O)N(Cc2cccc(Br)c2)[C@@H](C)C(=O)NC2CCCC2)cc1. The van der Waals surface area contributed by atoms with E-state index in [9.17, 15) is 9.59 Å². The van der Waals surface area contributed by atoms with Gasteiger partial charge in [-0.1, -0.05) is 58.6 Å². The van der Waals surface area contributed by atoms with E-state index in [2.05, 4.69) is 21.2 Å². The fraction of sp³-hybridized carbons (Fsp3) is 0.417. The quantitative estimate of drug-likeness (QED) is 0.609. The molecule has 160 valence electrons. The topological polar surface area (TPSA) is 58.6 Å². The van der Waals surface area contributed by atoms with E-state index in [0.717, 1.165) is 41.3 Å². The molecule has 0 radical (unpaired) electrons. The second-order valence-corrected chi connectivity index (χ2v) is 8.83. The number of hydrogen-bond acceptors (Lipinski definition) is 3. The summed E-state index contributed by atoms with van der Waals surface area (Å²) in [6, 6.07) is 15.0. The van der Waals surface area contributed by atoms with Gasteiger partial charge in [0.1, 0.15) is 11.8 Å². The number of rotatable bonds is 8. The molecule has 6 heteroatoms. The zero-order valence-electron chi connectivity index (χ0n) is 17.6. The van der Waals surface area contributed by atoms with Crippen LogP contribution in [-0.2, 0) is 16.1 Å². The summed E-state index contributed by atoms with van der Waals surface area (Å²) in [5.41, 5.74) is 2.08. The molecule has 1 aliphatic carbocycles. The number of aryl methyl sites for hydroxylation is 1. The Hall–Kier alpha value is -2.34. The van der Waals surface area contributed by atoms with Crippen molar-refractivity contribution in [2.45, 2.75) is 58.2 Å². The molecule has 30 heavy (non-hydrogen) atoms. The van der Waals surface area contributed by atoms with Gasteiger partial charge in [-0.15, -0.1) is 0 Å². The number of halogens is 1. The molecule has 1 aliphatic rings. The molecule has 0 spiro atoms. The van der Waals surface area contributed by atoms with Crippen molar-refractivity contribution >= 4 is 27.7 Å². The fourth-order valence-electron chi connectivity index (χ4n) is 3.67. The van der Waals surface area contributed by atoms with Gasteiger partial charge in [-0.2, -0.15) is 0 Å². The molecule has 3 rings (SSSR count). The molecule has 2 aromatic rings. The van der Waals surface area contributed by atoms with Crippen molar-refractivity contribution in [3.63, 3.8) is 0 Å². The van der Waals surface area contributed by atoms with Gasteiger partial charge in [0, 0.05) is 17.1 Å². The number of carbonyl (C=O) groups excluding carboxylic acids is 2. The van der Waals surface area contributed by atoms with Gasteiger partial charge >= 0.3 is 0 Å². The highest BCUT2D eigenvalue weighted by molar-refractivity contribution is 9.10. The number of benzene rings is 2. The number of amides is 2. The first-order valence-corrected chi connectivity index (χ1v) is 11.3. The third kappa shape index (κ3) is 6.33. The minimum absolute atomic E-state index is 0.111. The van der Waals surface area contributed by atoms with Crippen molar-refractivity contribution in [1.82, 2.24) is 10.2 Å². The third-order valence-corrected chi connectivity index (χ3v) is 5.99. The van der Waals surface area contributed by atoms with Crippen molar-refractivity contribution < 1.29 is 14.3 Å². The van der Waals surface area contributed by atoms with E-state index in [-0.39, 0.29) is 24.5 Å². The largest absolute Gasteiger partial charge is 0.484 e. The van der Waals surface area contributed by atoms with Crippen LogP contribution < -0.4 is 10.1 Å². The molecule has 1 N–H and O–H groups in total. The summed E-state index contributed by atoms with van der Waals surface area (Å²) >= 11 is 3.47. The van der Waals surface area contributed by atoms with Crippen molar-refractivity contribution in [2.24, 2.45) is 0 Å². The third-order valence-electron chi connectivity index (χ3n) is 5.49. The van der Waals surface area contributed by atoms with E-state index in [1.54, 1.807) is 11.8 Å². The summed E-state index contributed by atoms with van der Waals surface area (Å²) < 4.78 is 6.63. The van der Waals surface area contributed by atoms with Crippen LogP contribution in [0, 0.1) is 6.92 Å². The lowest BCUT2D eigenvalue weighted by atomic mass is 10.1. The number of carbonyl (C=O) groups is 2. The Kier molecular flexibility index (Phi) is 7.91. The van der Waals surface area contributed by atoms with Crippen molar-refractivity contribution in [3.8, 4) is 5.75 Å². The Morgan fingerprint density at radius 2 is 1.87 bits per heavy atom. The summed E-state index contributed by atoms with van der Waals surface area (Å²) in [5.74, 6) is 0.310. The normalized spacial score (nSPS) is 14.9. The molecular weight excluding hydrogens is 444 g/mol. The highest BCUT2D eigenvalue weighted by atomic mass is 79.9. The summed E-state index contributed by atoms with van der Waals surface area (Å²) in [7, 11) is 0. The van der Waals surface area contributed by atoms with Crippen LogP contribution in [0.5, 0.6) is 5.75 Å². The van der Waals surface area contributed by atoms with Crippen LogP contribution >= 0.6 is 15.9 Å². The molecule has 1 atom stereocenters. The van der Waals surface area contributed by atoms with Crippen molar-refractivity contribution in [3.05, 3.63) is 64.1 Å². The lowest BCUT2D eigenvalue weighted by molar-refractivity contribution is -0.142. The van der Waals surface area contributed by atoms with Gasteiger partial charge in [-0.05, 0) is 56.5 Å². The van der Waals surface area contributed by atoms with Crippen LogP contribution in [0.4, 0.5) is 0 Å². The molecule has 5 nitrogen and oxygen atoms in total. The van der Waals surface area contributed by atoms with Crippen LogP contribution in [0.15, 0.2) is 53.0 Å². The predicted octanol–water partition coefficient (Wildman–Crippen LogP) is 4.61. The molecule has 1 fully saturated rings. The highest BCUT2D eigenvalue weighted by Gasteiger charge is 2.28. The molecular formula is C24H29BrN2O3. The molecule has 0 unspecified atom stereocenters. The van der Waals surface area contributed by atoms with E-state index in [1.807, 2.05) is 55.5 Å². The summed E-state index contributed by atoms with van der Waals surface area (Å²) in [5, 5.41) is 3.11. The fourth-order valence-corrected chi connectivity index (χ4v) is 4.12. The first-order valence-electron chi connectivity index (χ1n) is 10.5. The Balaban J connectivity index is 1.70. The van der Waals surface area contributed by atoms with Crippen LogP contribution in [0.2, 0.25) is 0 Å². The second-order valence-electron chi connectivity index (χ2n) is 7.92. The zero-order chi connectivity index (χ0) is 21.5. The smallest absolute Gasteiger partial charge is 0.261 e. The van der Waals surface area contributed by atoms with Gasteiger partial charge in [0.2, 0.25) is 5.91 Å². The zero-order valence-corrected chi connectivity index (χ0v) is 19.2. The minimum Gasteiger partial charge on any atom is -0.484 e. The van der Waals surface area contributed by atoms with E-state index in [1.165, 1.54) is 0 Å². The maximum atomic E-state index is 13.1.